The largest absolute Gasteiger partial charge is 0.261 e. The Kier molecular flexibility index (Phi) is 4.82. The summed E-state index contributed by atoms with van der Waals surface area (Å²) < 4.78 is 0.915. The molecule has 1 aromatic heterocycles. The molecular weight excluding hydrogens is 377 g/mol. The lowest BCUT2D eigenvalue weighted by atomic mass is 9.97. The molecule has 1 heterocycles. The normalized spacial score (nSPS) is 14.2. The zero-order valence-corrected chi connectivity index (χ0v) is 13.7. The summed E-state index contributed by atoms with van der Waals surface area (Å²) in [4.78, 5) is 4.59. The maximum Gasteiger partial charge on any atom is 0.0551 e. The van der Waals surface area contributed by atoms with Gasteiger partial charge in [0.25, 0.3) is 0 Å². The van der Waals surface area contributed by atoms with Gasteiger partial charge in [-0.2, -0.15) is 0 Å². The van der Waals surface area contributed by atoms with Gasteiger partial charge in [0.2, 0.25) is 0 Å². The highest BCUT2D eigenvalue weighted by Crippen LogP contribution is 2.38. The van der Waals surface area contributed by atoms with Gasteiger partial charge >= 0.3 is 0 Å². The third kappa shape index (κ3) is 3.14. The maximum atomic E-state index is 6.13. The standard InChI is InChI=1S/C14H12Br2ClN/c1-9(13-4-2-3-7-18-13)14(16)10-5-6-11(15)12(17)8-10/h2-9,14H,1H3. The van der Waals surface area contributed by atoms with E-state index < -0.39 is 0 Å². The molecule has 0 aliphatic carbocycles. The topological polar surface area (TPSA) is 12.9 Å². The number of nitrogens with zero attached hydrogens (tertiary/aromatic N) is 1. The van der Waals surface area contributed by atoms with Crippen molar-refractivity contribution in [1.29, 1.82) is 0 Å². The number of benzene rings is 1. The van der Waals surface area contributed by atoms with E-state index in [1.807, 2.05) is 36.5 Å². The Morgan fingerprint density at radius 3 is 2.61 bits per heavy atom. The second kappa shape index (κ2) is 6.18. The molecule has 2 aromatic rings. The molecule has 2 unspecified atom stereocenters. The van der Waals surface area contributed by atoms with Gasteiger partial charge in [0.1, 0.15) is 0 Å². The summed E-state index contributed by atoms with van der Waals surface area (Å²) in [7, 11) is 0. The van der Waals surface area contributed by atoms with E-state index in [1.165, 1.54) is 0 Å². The van der Waals surface area contributed by atoms with E-state index in [0.29, 0.717) is 0 Å². The average Bonchev–Trinajstić information content (AvgIpc) is 2.41. The summed E-state index contributed by atoms with van der Waals surface area (Å²) in [6, 6.07) is 12.0. The Labute approximate surface area is 129 Å². The summed E-state index contributed by atoms with van der Waals surface area (Å²) in [6.45, 7) is 2.15. The molecule has 18 heavy (non-hydrogen) atoms. The molecule has 0 spiro atoms. The summed E-state index contributed by atoms with van der Waals surface area (Å²) in [5, 5.41) is 0.727. The zero-order valence-electron chi connectivity index (χ0n) is 9.78. The smallest absolute Gasteiger partial charge is 0.0551 e. The van der Waals surface area contributed by atoms with E-state index in [2.05, 4.69) is 49.8 Å². The van der Waals surface area contributed by atoms with Gasteiger partial charge < -0.3 is 0 Å². The highest BCUT2D eigenvalue weighted by atomic mass is 79.9. The lowest BCUT2D eigenvalue weighted by Gasteiger charge is -2.18. The Balaban J connectivity index is 2.25. The molecule has 0 N–H and O–H groups in total. The van der Waals surface area contributed by atoms with E-state index in [-0.39, 0.29) is 10.7 Å². The molecule has 2 atom stereocenters. The highest BCUT2D eigenvalue weighted by Gasteiger charge is 2.19. The van der Waals surface area contributed by atoms with Crippen molar-refractivity contribution in [2.45, 2.75) is 17.7 Å². The van der Waals surface area contributed by atoms with Gasteiger partial charge in [0.05, 0.1) is 5.02 Å². The first-order chi connectivity index (χ1) is 8.59. The van der Waals surface area contributed by atoms with Crippen molar-refractivity contribution in [3.8, 4) is 0 Å². The number of hydrogen-bond acceptors (Lipinski definition) is 1. The number of hydrogen-bond donors (Lipinski definition) is 0. The van der Waals surface area contributed by atoms with Crippen LogP contribution in [0.4, 0.5) is 0 Å². The fourth-order valence-electron chi connectivity index (χ4n) is 1.77. The van der Waals surface area contributed by atoms with Gasteiger partial charge in [-0.05, 0) is 45.8 Å². The van der Waals surface area contributed by atoms with Gasteiger partial charge in [0, 0.05) is 27.1 Å². The molecule has 0 saturated heterocycles. The number of rotatable bonds is 3. The molecule has 0 aliphatic rings. The second-order valence-electron chi connectivity index (χ2n) is 4.12. The molecule has 0 fully saturated rings. The second-order valence-corrected chi connectivity index (χ2v) is 6.37. The molecule has 0 amide bonds. The molecule has 94 valence electrons. The molecule has 2 rings (SSSR count). The molecule has 4 heteroatoms. The Hall–Kier alpha value is -0.380. The van der Waals surface area contributed by atoms with Gasteiger partial charge in [-0.3, -0.25) is 4.98 Å². The van der Waals surface area contributed by atoms with Crippen molar-refractivity contribution in [2.75, 3.05) is 0 Å². The molecule has 0 aliphatic heterocycles. The predicted octanol–water partition coefficient (Wildman–Crippen LogP) is 5.74. The van der Waals surface area contributed by atoms with Crippen LogP contribution in [0.15, 0.2) is 47.1 Å². The first kappa shape index (κ1) is 14.0. The van der Waals surface area contributed by atoms with Crippen molar-refractivity contribution in [2.24, 2.45) is 0 Å². The lowest BCUT2D eigenvalue weighted by molar-refractivity contribution is 0.724. The predicted molar refractivity (Wildman–Crippen MR) is 83.5 cm³/mol. The van der Waals surface area contributed by atoms with Crippen molar-refractivity contribution >= 4 is 43.5 Å². The van der Waals surface area contributed by atoms with Crippen LogP contribution >= 0.6 is 43.5 Å². The van der Waals surface area contributed by atoms with Crippen LogP contribution in [0.5, 0.6) is 0 Å². The van der Waals surface area contributed by atoms with Crippen LogP contribution in [0.1, 0.15) is 28.9 Å². The van der Waals surface area contributed by atoms with Gasteiger partial charge in [0.15, 0.2) is 0 Å². The third-order valence-electron chi connectivity index (χ3n) is 2.86. The first-order valence-electron chi connectivity index (χ1n) is 5.59. The quantitative estimate of drug-likeness (QED) is 0.610. The van der Waals surface area contributed by atoms with Crippen molar-refractivity contribution in [3.63, 3.8) is 0 Å². The van der Waals surface area contributed by atoms with E-state index in [1.54, 1.807) is 0 Å². The number of aromatic nitrogens is 1. The molecule has 1 nitrogen and oxygen atoms in total. The van der Waals surface area contributed by atoms with Gasteiger partial charge in [-0.1, -0.05) is 46.6 Å². The number of halogens is 3. The minimum atomic E-state index is 0.193. The van der Waals surface area contributed by atoms with Crippen LogP contribution in [0.3, 0.4) is 0 Å². The monoisotopic (exact) mass is 387 g/mol. The van der Waals surface area contributed by atoms with Crippen LogP contribution in [0.25, 0.3) is 0 Å². The Bertz CT molecular complexity index is 531. The fourth-order valence-corrected chi connectivity index (χ4v) is 2.76. The molecule has 0 bridgehead atoms. The summed E-state index contributed by atoms with van der Waals surface area (Å²) in [6.07, 6.45) is 1.82. The van der Waals surface area contributed by atoms with Crippen LogP contribution in [0, 0.1) is 0 Å². The van der Waals surface area contributed by atoms with Crippen molar-refractivity contribution in [1.82, 2.24) is 4.98 Å². The number of alkyl halides is 1. The molecule has 1 aromatic carbocycles. The third-order valence-corrected chi connectivity index (χ3v) is 5.41. The number of pyridine rings is 1. The minimum Gasteiger partial charge on any atom is -0.261 e. The summed E-state index contributed by atoms with van der Waals surface area (Å²) in [5.41, 5.74) is 2.22. The van der Waals surface area contributed by atoms with Crippen molar-refractivity contribution < 1.29 is 0 Å². The zero-order chi connectivity index (χ0) is 13.1. The SMILES string of the molecule is CC(c1ccccn1)C(Br)c1ccc(Br)c(Cl)c1. The maximum absolute atomic E-state index is 6.13. The summed E-state index contributed by atoms with van der Waals surface area (Å²) in [5.74, 6) is 0.281. The summed E-state index contributed by atoms with van der Waals surface area (Å²) >= 11 is 13.3. The van der Waals surface area contributed by atoms with E-state index in [4.69, 9.17) is 11.6 Å². The minimum absolute atomic E-state index is 0.193. The Morgan fingerprint density at radius 1 is 1.22 bits per heavy atom. The van der Waals surface area contributed by atoms with Crippen LogP contribution < -0.4 is 0 Å². The Morgan fingerprint density at radius 2 is 2.00 bits per heavy atom. The molecule has 0 saturated carbocycles. The highest BCUT2D eigenvalue weighted by molar-refractivity contribution is 9.10. The van der Waals surface area contributed by atoms with E-state index in [9.17, 15) is 0 Å². The molecule has 0 radical (unpaired) electrons. The van der Waals surface area contributed by atoms with Crippen LogP contribution in [0.2, 0.25) is 5.02 Å². The lowest BCUT2D eigenvalue weighted by Crippen LogP contribution is -2.04. The van der Waals surface area contributed by atoms with Crippen LogP contribution in [-0.2, 0) is 0 Å². The van der Waals surface area contributed by atoms with Crippen molar-refractivity contribution in [3.05, 3.63) is 63.3 Å². The van der Waals surface area contributed by atoms with Crippen LogP contribution in [-0.4, -0.2) is 4.98 Å². The average molecular weight is 390 g/mol. The first-order valence-corrected chi connectivity index (χ1v) is 7.68. The van der Waals surface area contributed by atoms with Gasteiger partial charge in [-0.15, -0.1) is 0 Å². The van der Waals surface area contributed by atoms with Gasteiger partial charge in [-0.25, -0.2) is 0 Å². The fraction of sp³-hybridized carbons (Fsp3) is 0.214. The van der Waals surface area contributed by atoms with E-state index in [0.717, 1.165) is 20.8 Å². The molecular formula is C14H12Br2ClN. The van der Waals surface area contributed by atoms with E-state index >= 15 is 0 Å².